The Hall–Kier alpha value is -1.50. The van der Waals surface area contributed by atoms with Gasteiger partial charge in [-0.25, -0.2) is 0 Å². The Morgan fingerprint density at radius 3 is 2.37 bits per heavy atom. The van der Waals surface area contributed by atoms with E-state index in [-0.39, 0.29) is 12.8 Å². The lowest BCUT2D eigenvalue weighted by molar-refractivity contribution is -0.168. The van der Waals surface area contributed by atoms with Crippen LogP contribution in [0.15, 0.2) is 18.5 Å². The summed E-state index contributed by atoms with van der Waals surface area (Å²) in [5, 5.41) is 0. The second-order valence-electron chi connectivity index (χ2n) is 4.27. The molecule has 1 saturated carbocycles. The maximum atomic E-state index is 12.6. The lowest BCUT2D eigenvalue weighted by atomic mass is 10.1. The largest absolute Gasteiger partial charge is 0.405 e. The predicted octanol–water partition coefficient (Wildman–Crippen LogP) is 4.36. The first-order valence-electron chi connectivity index (χ1n) is 6.51. The van der Waals surface area contributed by atoms with Crippen molar-refractivity contribution in [1.29, 1.82) is 0 Å². The van der Waals surface area contributed by atoms with Crippen LogP contribution in [0.4, 0.5) is 13.2 Å². The van der Waals surface area contributed by atoms with Crippen LogP contribution in [-0.2, 0) is 6.42 Å². The molecule has 0 amide bonds. The summed E-state index contributed by atoms with van der Waals surface area (Å²) in [6.45, 7) is 5.96. The number of rotatable bonds is 1. The van der Waals surface area contributed by atoms with Crippen LogP contribution in [0.1, 0.15) is 44.7 Å². The molecule has 2 rings (SSSR count). The van der Waals surface area contributed by atoms with E-state index in [9.17, 15) is 13.2 Å². The standard InChI is InChI=1S/C13H12F3N.C2H6/c1-2-10-7-11(9-17-8-10)3-4-12(5-6-12)13(14,15)16;1-2/h7-9H,2,5-6H2,1H3;1-2H3. The number of aromatic nitrogens is 1. The molecule has 1 aliphatic rings. The van der Waals surface area contributed by atoms with Gasteiger partial charge in [-0.3, -0.25) is 4.98 Å². The highest BCUT2D eigenvalue weighted by atomic mass is 19.4. The van der Waals surface area contributed by atoms with Crippen molar-refractivity contribution in [1.82, 2.24) is 4.98 Å². The average Bonchev–Trinajstić information content (AvgIpc) is 3.20. The molecular weight excluding hydrogens is 251 g/mol. The van der Waals surface area contributed by atoms with Crippen LogP contribution < -0.4 is 0 Å². The van der Waals surface area contributed by atoms with Crippen molar-refractivity contribution in [2.45, 2.75) is 46.2 Å². The Kier molecular flexibility index (Phi) is 4.99. The molecule has 1 nitrogen and oxygen atoms in total. The molecule has 1 fully saturated rings. The van der Waals surface area contributed by atoms with E-state index in [1.54, 1.807) is 12.3 Å². The van der Waals surface area contributed by atoms with Gasteiger partial charge in [-0.05, 0) is 30.9 Å². The van der Waals surface area contributed by atoms with Gasteiger partial charge in [-0.1, -0.05) is 32.6 Å². The third-order valence-corrected chi connectivity index (χ3v) is 2.94. The summed E-state index contributed by atoms with van der Waals surface area (Å²) in [4.78, 5) is 3.95. The van der Waals surface area contributed by atoms with Gasteiger partial charge in [-0.15, -0.1) is 0 Å². The molecule has 0 aliphatic heterocycles. The minimum atomic E-state index is -4.21. The van der Waals surface area contributed by atoms with E-state index < -0.39 is 11.6 Å². The molecule has 1 aliphatic carbocycles. The smallest absolute Gasteiger partial charge is 0.263 e. The van der Waals surface area contributed by atoms with Crippen LogP contribution in [0.3, 0.4) is 0 Å². The van der Waals surface area contributed by atoms with Crippen LogP contribution in [0, 0.1) is 17.3 Å². The third-order valence-electron chi connectivity index (χ3n) is 2.94. The Bertz CT molecular complexity index is 476. The molecule has 0 spiro atoms. The average molecular weight is 269 g/mol. The molecule has 4 heteroatoms. The molecule has 0 N–H and O–H groups in total. The van der Waals surface area contributed by atoms with Crippen molar-refractivity contribution in [2.24, 2.45) is 5.41 Å². The van der Waals surface area contributed by atoms with Gasteiger partial charge in [0.2, 0.25) is 0 Å². The SMILES string of the molecule is CC.CCc1cncc(C#CC2(C(F)(F)F)CC2)c1. The monoisotopic (exact) mass is 269 g/mol. The first-order valence-corrected chi connectivity index (χ1v) is 6.51. The highest BCUT2D eigenvalue weighted by Crippen LogP contribution is 2.57. The van der Waals surface area contributed by atoms with Crippen molar-refractivity contribution in [2.75, 3.05) is 0 Å². The second kappa shape index (κ2) is 6.10. The van der Waals surface area contributed by atoms with Crippen LogP contribution in [-0.4, -0.2) is 11.2 Å². The maximum absolute atomic E-state index is 12.6. The minimum Gasteiger partial charge on any atom is -0.263 e. The zero-order chi connectivity index (χ0) is 14.5. The Labute approximate surface area is 112 Å². The number of aryl methyl sites for hydroxylation is 1. The third kappa shape index (κ3) is 3.73. The van der Waals surface area contributed by atoms with Crippen molar-refractivity contribution < 1.29 is 13.2 Å². The molecule has 1 aromatic heterocycles. The molecule has 0 radical (unpaired) electrons. The van der Waals surface area contributed by atoms with E-state index in [0.717, 1.165) is 12.0 Å². The molecule has 0 saturated heterocycles. The predicted molar refractivity (Wildman–Crippen MR) is 69.6 cm³/mol. The summed E-state index contributed by atoms with van der Waals surface area (Å²) in [6.07, 6.45) is 0.0119. The highest BCUT2D eigenvalue weighted by Gasteiger charge is 2.62. The number of hydrogen-bond donors (Lipinski definition) is 0. The van der Waals surface area contributed by atoms with E-state index in [1.807, 2.05) is 20.8 Å². The van der Waals surface area contributed by atoms with Gasteiger partial charge in [0.15, 0.2) is 0 Å². The lowest BCUT2D eigenvalue weighted by Gasteiger charge is -2.11. The molecule has 104 valence electrons. The number of hydrogen-bond acceptors (Lipinski definition) is 1. The summed E-state index contributed by atoms with van der Waals surface area (Å²) in [5.74, 6) is 4.96. The topological polar surface area (TPSA) is 12.9 Å². The Balaban J connectivity index is 0.000000861. The molecule has 0 aromatic carbocycles. The van der Waals surface area contributed by atoms with Gasteiger partial charge >= 0.3 is 6.18 Å². The Morgan fingerprint density at radius 1 is 1.26 bits per heavy atom. The van der Waals surface area contributed by atoms with E-state index in [2.05, 4.69) is 16.8 Å². The van der Waals surface area contributed by atoms with Gasteiger partial charge in [0, 0.05) is 18.0 Å². The normalized spacial score (nSPS) is 15.7. The molecule has 0 unspecified atom stereocenters. The fourth-order valence-electron chi connectivity index (χ4n) is 1.55. The van der Waals surface area contributed by atoms with Crippen molar-refractivity contribution in [3.8, 4) is 11.8 Å². The summed E-state index contributed by atoms with van der Waals surface area (Å²) < 4.78 is 37.9. The van der Waals surface area contributed by atoms with Gasteiger partial charge in [0.1, 0.15) is 5.41 Å². The number of pyridine rings is 1. The van der Waals surface area contributed by atoms with Crippen LogP contribution >= 0.6 is 0 Å². The Morgan fingerprint density at radius 2 is 1.89 bits per heavy atom. The van der Waals surface area contributed by atoms with Crippen LogP contribution in [0.25, 0.3) is 0 Å². The first kappa shape index (κ1) is 15.6. The minimum absolute atomic E-state index is 0.115. The van der Waals surface area contributed by atoms with E-state index in [1.165, 1.54) is 6.20 Å². The van der Waals surface area contributed by atoms with Gasteiger partial charge in [0.05, 0.1) is 0 Å². The van der Waals surface area contributed by atoms with Crippen molar-refractivity contribution in [3.05, 3.63) is 29.6 Å². The number of nitrogens with zero attached hydrogens (tertiary/aromatic N) is 1. The fourth-order valence-corrected chi connectivity index (χ4v) is 1.55. The molecule has 1 aromatic rings. The second-order valence-corrected chi connectivity index (χ2v) is 4.27. The van der Waals surface area contributed by atoms with Gasteiger partial charge < -0.3 is 0 Å². The lowest BCUT2D eigenvalue weighted by Crippen LogP contribution is -2.22. The molecule has 0 bridgehead atoms. The van der Waals surface area contributed by atoms with Gasteiger partial charge in [0.25, 0.3) is 0 Å². The maximum Gasteiger partial charge on any atom is 0.405 e. The number of alkyl halides is 3. The zero-order valence-corrected chi connectivity index (χ0v) is 11.4. The zero-order valence-electron chi connectivity index (χ0n) is 11.4. The molecule has 0 atom stereocenters. The summed E-state index contributed by atoms with van der Waals surface area (Å²) in [5.41, 5.74) is -0.219. The molecule has 1 heterocycles. The summed E-state index contributed by atoms with van der Waals surface area (Å²) >= 11 is 0. The van der Waals surface area contributed by atoms with Crippen molar-refractivity contribution in [3.63, 3.8) is 0 Å². The summed E-state index contributed by atoms with van der Waals surface area (Å²) in [7, 11) is 0. The quantitative estimate of drug-likeness (QED) is 0.690. The fraction of sp³-hybridized carbons (Fsp3) is 0.533. The van der Waals surface area contributed by atoms with Crippen molar-refractivity contribution >= 4 is 0 Å². The molecule has 19 heavy (non-hydrogen) atoms. The van der Waals surface area contributed by atoms with Gasteiger partial charge in [-0.2, -0.15) is 13.2 Å². The van der Waals surface area contributed by atoms with Crippen LogP contribution in [0.2, 0.25) is 0 Å². The highest BCUT2D eigenvalue weighted by molar-refractivity contribution is 5.38. The molecular formula is C15H18F3N. The van der Waals surface area contributed by atoms with E-state index in [4.69, 9.17) is 0 Å². The first-order chi connectivity index (χ1) is 8.97. The summed E-state index contributed by atoms with van der Waals surface area (Å²) in [6, 6.07) is 1.78. The van der Waals surface area contributed by atoms with E-state index >= 15 is 0 Å². The van der Waals surface area contributed by atoms with E-state index in [0.29, 0.717) is 5.56 Å². The number of halogens is 3. The van der Waals surface area contributed by atoms with Crippen LogP contribution in [0.5, 0.6) is 0 Å².